The van der Waals surface area contributed by atoms with Crippen LogP contribution in [0.2, 0.25) is 0 Å². The molecule has 0 saturated carbocycles. The number of piperidine rings is 1. The number of benzene rings is 1. The van der Waals surface area contributed by atoms with Gasteiger partial charge in [-0.05, 0) is 61.5 Å². The molecule has 0 atom stereocenters. The van der Waals surface area contributed by atoms with E-state index in [1.165, 1.54) is 6.33 Å². The van der Waals surface area contributed by atoms with Crippen molar-refractivity contribution in [1.82, 2.24) is 19.5 Å². The van der Waals surface area contributed by atoms with Gasteiger partial charge in [0, 0.05) is 29.1 Å². The molecule has 32 heavy (non-hydrogen) atoms. The average Bonchev–Trinajstić information content (AvgIpc) is 3.35. The maximum Gasteiger partial charge on any atom is 0.220 e. The lowest BCUT2D eigenvalue weighted by Gasteiger charge is -2.30. The molecule has 166 valence electrons. The first-order valence-corrected chi connectivity index (χ1v) is 11.5. The van der Waals surface area contributed by atoms with Gasteiger partial charge in [0.2, 0.25) is 5.91 Å². The molecule has 1 aliphatic rings. The first-order chi connectivity index (χ1) is 15.4. The van der Waals surface area contributed by atoms with E-state index in [0.29, 0.717) is 5.82 Å². The Kier molecular flexibility index (Phi) is 5.22. The predicted molar refractivity (Wildman–Crippen MR) is 127 cm³/mol. The zero-order valence-corrected chi connectivity index (χ0v) is 19.0. The van der Waals surface area contributed by atoms with Gasteiger partial charge >= 0.3 is 0 Å². The van der Waals surface area contributed by atoms with Gasteiger partial charge in [-0.15, -0.1) is 11.3 Å². The quantitative estimate of drug-likeness (QED) is 0.483. The van der Waals surface area contributed by atoms with E-state index in [1.807, 2.05) is 10.7 Å². The van der Waals surface area contributed by atoms with Crippen LogP contribution in [0.15, 0.2) is 30.7 Å². The van der Waals surface area contributed by atoms with Crippen LogP contribution in [0.25, 0.3) is 26.0 Å². The van der Waals surface area contributed by atoms with Crippen LogP contribution in [-0.2, 0) is 11.3 Å². The van der Waals surface area contributed by atoms with Gasteiger partial charge < -0.3 is 16.2 Å². The minimum atomic E-state index is -0.197. The van der Waals surface area contributed by atoms with Crippen molar-refractivity contribution in [3.8, 4) is 16.2 Å². The third-order valence-corrected chi connectivity index (χ3v) is 7.44. The zero-order chi connectivity index (χ0) is 22.4. The number of nitrogens with zero attached hydrogens (tertiary/aromatic N) is 4. The van der Waals surface area contributed by atoms with Crippen LogP contribution in [-0.4, -0.2) is 45.6 Å². The average molecular weight is 451 g/mol. The molecule has 1 amide bonds. The maximum absolute atomic E-state index is 11.5. The lowest BCUT2D eigenvalue weighted by Crippen LogP contribution is -2.38. The van der Waals surface area contributed by atoms with E-state index in [0.717, 1.165) is 75.4 Å². The fourth-order valence-electron chi connectivity index (χ4n) is 4.63. The minimum Gasteiger partial charge on any atom is -0.495 e. The molecular formula is C23H26N6O2S. The van der Waals surface area contributed by atoms with Gasteiger partial charge in [-0.3, -0.25) is 9.69 Å². The summed E-state index contributed by atoms with van der Waals surface area (Å²) in [4.78, 5) is 19.2. The highest BCUT2D eigenvalue weighted by Crippen LogP contribution is 2.43. The number of ether oxygens (including phenoxy) is 1. The molecule has 1 fully saturated rings. The lowest BCUT2D eigenvalue weighted by atomic mass is 9.96. The van der Waals surface area contributed by atoms with Gasteiger partial charge in [0.15, 0.2) is 5.82 Å². The highest BCUT2D eigenvalue weighted by molar-refractivity contribution is 7.22. The van der Waals surface area contributed by atoms with Crippen LogP contribution in [0, 0.1) is 12.8 Å². The molecule has 1 aromatic carbocycles. The Labute approximate surface area is 189 Å². The Balaban J connectivity index is 1.59. The molecule has 9 heteroatoms. The maximum atomic E-state index is 11.5. The number of methoxy groups -OCH3 is 1. The molecule has 4 aromatic rings. The Morgan fingerprint density at radius 1 is 1.28 bits per heavy atom. The number of hydrogen-bond donors (Lipinski definition) is 2. The number of anilines is 1. The van der Waals surface area contributed by atoms with Crippen molar-refractivity contribution >= 4 is 38.7 Å². The first kappa shape index (κ1) is 20.7. The van der Waals surface area contributed by atoms with E-state index in [1.54, 1.807) is 18.4 Å². The standard InChI is InChI=1S/C23H26N6O2S/c1-13-7-15-9-18(32-21(15)17(8-13)31-2)19-16(11-29-20(19)22(24)26-12-27-29)10-28-5-3-14(4-6-28)23(25)30/h7-9,11-12,14H,3-6,10H2,1-2H3,(H2,25,30)(H2,24,26,27). The van der Waals surface area contributed by atoms with E-state index in [2.05, 4.69) is 40.1 Å². The predicted octanol–water partition coefficient (Wildman–Crippen LogP) is 3.21. The van der Waals surface area contributed by atoms with Crippen molar-refractivity contribution in [1.29, 1.82) is 0 Å². The molecule has 1 saturated heterocycles. The van der Waals surface area contributed by atoms with Crippen LogP contribution in [0.4, 0.5) is 5.82 Å². The molecule has 0 aliphatic carbocycles. The molecule has 5 rings (SSSR count). The number of fused-ring (bicyclic) bond motifs is 2. The molecule has 0 spiro atoms. The van der Waals surface area contributed by atoms with E-state index >= 15 is 0 Å². The number of thiophene rings is 1. The second-order valence-electron chi connectivity index (χ2n) is 8.42. The number of likely N-dealkylation sites (tertiary alicyclic amines) is 1. The van der Waals surface area contributed by atoms with Crippen molar-refractivity contribution in [2.45, 2.75) is 26.3 Å². The second-order valence-corrected chi connectivity index (χ2v) is 9.47. The molecule has 0 unspecified atom stereocenters. The van der Waals surface area contributed by atoms with Crippen molar-refractivity contribution < 1.29 is 9.53 Å². The minimum absolute atomic E-state index is 0.0290. The van der Waals surface area contributed by atoms with Gasteiger partial charge in [0.05, 0.1) is 11.8 Å². The van der Waals surface area contributed by atoms with Gasteiger partial charge in [-0.1, -0.05) is 6.07 Å². The summed E-state index contributed by atoms with van der Waals surface area (Å²) < 4.78 is 8.56. The third kappa shape index (κ3) is 3.57. The Morgan fingerprint density at radius 2 is 2.06 bits per heavy atom. The number of hydrogen-bond acceptors (Lipinski definition) is 7. The molecule has 8 nitrogen and oxygen atoms in total. The Bertz CT molecular complexity index is 1320. The summed E-state index contributed by atoms with van der Waals surface area (Å²) in [7, 11) is 1.70. The van der Waals surface area contributed by atoms with Crippen LogP contribution in [0.5, 0.6) is 5.75 Å². The normalized spacial score (nSPS) is 15.6. The summed E-state index contributed by atoms with van der Waals surface area (Å²) in [5.41, 5.74) is 16.0. The summed E-state index contributed by atoms with van der Waals surface area (Å²) in [5.74, 6) is 1.10. The van der Waals surface area contributed by atoms with Crippen molar-refractivity contribution in [2.24, 2.45) is 11.7 Å². The van der Waals surface area contributed by atoms with Gasteiger partial charge in [0.1, 0.15) is 17.6 Å². The highest BCUT2D eigenvalue weighted by Gasteiger charge is 2.26. The largest absolute Gasteiger partial charge is 0.495 e. The summed E-state index contributed by atoms with van der Waals surface area (Å²) in [5, 5.41) is 5.55. The number of aryl methyl sites for hydroxylation is 1. The van der Waals surface area contributed by atoms with E-state index in [-0.39, 0.29) is 11.8 Å². The lowest BCUT2D eigenvalue weighted by molar-refractivity contribution is -0.123. The molecule has 4 N–H and O–H groups in total. The smallest absolute Gasteiger partial charge is 0.220 e. The van der Waals surface area contributed by atoms with Crippen molar-refractivity contribution in [3.63, 3.8) is 0 Å². The Hall–Kier alpha value is -3.17. The summed E-state index contributed by atoms with van der Waals surface area (Å²) in [6.07, 6.45) is 5.10. The number of primary amides is 1. The van der Waals surface area contributed by atoms with Crippen LogP contribution in [0.1, 0.15) is 24.0 Å². The summed E-state index contributed by atoms with van der Waals surface area (Å²) in [6, 6.07) is 6.42. The SMILES string of the molecule is COc1cc(C)cc2cc(-c3c(CN4CCC(C(N)=O)CC4)cn4ncnc(N)c34)sc12. The van der Waals surface area contributed by atoms with E-state index in [9.17, 15) is 4.79 Å². The summed E-state index contributed by atoms with van der Waals surface area (Å²) >= 11 is 1.69. The number of carbonyl (C=O) groups excluding carboxylic acids is 1. The van der Waals surface area contributed by atoms with E-state index in [4.69, 9.17) is 16.2 Å². The van der Waals surface area contributed by atoms with Gasteiger partial charge in [-0.2, -0.15) is 5.10 Å². The van der Waals surface area contributed by atoms with Crippen molar-refractivity contribution in [3.05, 3.63) is 41.9 Å². The molecule has 0 bridgehead atoms. The van der Waals surface area contributed by atoms with Crippen LogP contribution in [0.3, 0.4) is 0 Å². The third-order valence-electron chi connectivity index (χ3n) is 6.26. The fraction of sp³-hybridized carbons (Fsp3) is 0.348. The molecule has 0 radical (unpaired) electrons. The number of aromatic nitrogens is 3. The first-order valence-electron chi connectivity index (χ1n) is 10.7. The molecule has 1 aliphatic heterocycles. The fourth-order valence-corrected chi connectivity index (χ4v) is 5.85. The second kappa shape index (κ2) is 8.07. The number of nitrogen functional groups attached to an aromatic ring is 1. The van der Waals surface area contributed by atoms with Gasteiger partial charge in [-0.25, -0.2) is 9.50 Å². The highest BCUT2D eigenvalue weighted by atomic mass is 32.1. The number of rotatable bonds is 5. The van der Waals surface area contributed by atoms with Crippen LogP contribution < -0.4 is 16.2 Å². The molecular weight excluding hydrogens is 424 g/mol. The van der Waals surface area contributed by atoms with Crippen molar-refractivity contribution in [2.75, 3.05) is 25.9 Å². The zero-order valence-electron chi connectivity index (χ0n) is 18.2. The van der Waals surface area contributed by atoms with Crippen LogP contribution >= 0.6 is 11.3 Å². The monoisotopic (exact) mass is 450 g/mol. The molecule has 4 heterocycles. The number of amides is 1. The van der Waals surface area contributed by atoms with Gasteiger partial charge in [0.25, 0.3) is 0 Å². The molecule has 3 aromatic heterocycles. The summed E-state index contributed by atoms with van der Waals surface area (Å²) in [6.45, 7) is 4.48. The van der Waals surface area contributed by atoms with E-state index < -0.39 is 0 Å². The number of nitrogens with two attached hydrogens (primary N) is 2. The topological polar surface area (TPSA) is 112 Å². The number of carbonyl (C=O) groups is 1. The Morgan fingerprint density at radius 3 is 2.78 bits per heavy atom.